The average molecular weight is 569 g/mol. The van der Waals surface area contributed by atoms with Crippen molar-refractivity contribution < 1.29 is 30.3 Å². The van der Waals surface area contributed by atoms with Gasteiger partial charge in [-0.25, -0.2) is 0 Å². The number of hydrogen-bond donors (Lipinski definition) is 2. The molecule has 1 aliphatic carbocycles. The fourth-order valence-corrected chi connectivity index (χ4v) is 3.94. The SMILES string of the molecule is CC(O)CC(C)O.Cc1[c-]c2c(c(C)c1)CCc1cc3cc(C)ccc3nc1-2.[Ir]. The van der Waals surface area contributed by atoms with Crippen LogP contribution in [-0.4, -0.2) is 27.4 Å². The van der Waals surface area contributed by atoms with E-state index in [0.29, 0.717) is 6.42 Å². The molecule has 1 heterocycles. The van der Waals surface area contributed by atoms with Crippen molar-refractivity contribution >= 4 is 10.9 Å². The van der Waals surface area contributed by atoms with Crippen molar-refractivity contribution in [1.29, 1.82) is 0 Å². The van der Waals surface area contributed by atoms with Gasteiger partial charge < -0.3 is 10.2 Å². The number of aliphatic hydroxyl groups excluding tert-OH is 2. The molecular weight excluding hydrogens is 538 g/mol. The van der Waals surface area contributed by atoms with Gasteiger partial charge in [0, 0.05) is 20.1 Å². The monoisotopic (exact) mass is 569 g/mol. The molecule has 0 saturated carbocycles. The first-order valence-electron chi connectivity index (χ1n) is 10.0. The van der Waals surface area contributed by atoms with Gasteiger partial charge in [0.1, 0.15) is 0 Å². The molecule has 2 unspecified atom stereocenters. The van der Waals surface area contributed by atoms with Crippen molar-refractivity contribution in [1.82, 2.24) is 4.98 Å². The van der Waals surface area contributed by atoms with Crippen LogP contribution in [0.3, 0.4) is 0 Å². The molecule has 0 saturated heterocycles. The Morgan fingerprint density at radius 3 is 2.31 bits per heavy atom. The second kappa shape index (κ2) is 9.95. The molecule has 1 aliphatic rings. The molecule has 2 atom stereocenters. The molecule has 1 radical (unpaired) electrons. The second-order valence-corrected chi connectivity index (χ2v) is 8.11. The summed E-state index contributed by atoms with van der Waals surface area (Å²) in [5, 5.41) is 18.4. The van der Waals surface area contributed by atoms with Crippen molar-refractivity contribution in [3.8, 4) is 11.3 Å². The number of nitrogens with zero attached hydrogens (tertiary/aromatic N) is 1. The van der Waals surface area contributed by atoms with Crippen LogP contribution in [0.15, 0.2) is 30.3 Å². The summed E-state index contributed by atoms with van der Waals surface area (Å²) in [6, 6.07) is 14.6. The molecule has 2 N–H and O–H groups in total. The molecule has 0 spiro atoms. The molecule has 0 bridgehead atoms. The van der Waals surface area contributed by atoms with E-state index in [1.54, 1.807) is 13.8 Å². The first-order valence-corrected chi connectivity index (χ1v) is 10.0. The van der Waals surface area contributed by atoms with Crippen molar-refractivity contribution in [3.63, 3.8) is 0 Å². The van der Waals surface area contributed by atoms with Crippen LogP contribution in [0.4, 0.5) is 0 Å². The summed E-state index contributed by atoms with van der Waals surface area (Å²) < 4.78 is 0. The van der Waals surface area contributed by atoms with Crippen LogP contribution >= 0.6 is 0 Å². The molecule has 0 amide bonds. The number of rotatable bonds is 2. The maximum Gasteiger partial charge on any atom is 0.0595 e. The molecule has 29 heavy (non-hydrogen) atoms. The van der Waals surface area contributed by atoms with Crippen LogP contribution in [0.25, 0.3) is 22.2 Å². The molecule has 157 valence electrons. The molecule has 0 fully saturated rings. The van der Waals surface area contributed by atoms with Gasteiger partial charge in [-0.2, -0.15) is 0 Å². The van der Waals surface area contributed by atoms with E-state index >= 15 is 0 Å². The molecule has 0 aliphatic heterocycles. The van der Waals surface area contributed by atoms with Crippen LogP contribution < -0.4 is 0 Å². The third-order valence-electron chi connectivity index (χ3n) is 5.15. The van der Waals surface area contributed by atoms with Crippen molar-refractivity contribution in [2.45, 2.75) is 66.1 Å². The van der Waals surface area contributed by atoms with Gasteiger partial charge in [-0.3, -0.25) is 4.98 Å². The third kappa shape index (κ3) is 5.73. The van der Waals surface area contributed by atoms with E-state index in [9.17, 15) is 0 Å². The van der Waals surface area contributed by atoms with Crippen molar-refractivity contribution in [2.75, 3.05) is 0 Å². The minimum atomic E-state index is -0.375. The van der Waals surface area contributed by atoms with Gasteiger partial charge >= 0.3 is 0 Å². The van der Waals surface area contributed by atoms with E-state index in [0.717, 1.165) is 24.1 Å². The van der Waals surface area contributed by atoms with Gasteiger partial charge in [0.2, 0.25) is 0 Å². The summed E-state index contributed by atoms with van der Waals surface area (Å²) in [6.45, 7) is 9.77. The summed E-state index contributed by atoms with van der Waals surface area (Å²) >= 11 is 0. The van der Waals surface area contributed by atoms with Crippen LogP contribution in [0.2, 0.25) is 0 Å². The van der Waals surface area contributed by atoms with Crippen LogP contribution in [0.1, 0.15) is 48.1 Å². The summed E-state index contributed by atoms with van der Waals surface area (Å²) in [7, 11) is 0. The smallest absolute Gasteiger partial charge is 0.0595 e. The van der Waals surface area contributed by atoms with Crippen molar-refractivity contribution in [2.24, 2.45) is 0 Å². The largest absolute Gasteiger partial charge is 0.393 e. The molecule has 3 nitrogen and oxygen atoms in total. The van der Waals surface area contributed by atoms with E-state index in [2.05, 4.69) is 57.2 Å². The Morgan fingerprint density at radius 1 is 1.00 bits per heavy atom. The first kappa shape index (κ1) is 23.7. The van der Waals surface area contributed by atoms with Crippen LogP contribution in [0, 0.1) is 26.8 Å². The first-order chi connectivity index (χ1) is 13.2. The Balaban J connectivity index is 0.000000327. The zero-order chi connectivity index (χ0) is 20.4. The summed E-state index contributed by atoms with van der Waals surface area (Å²) in [6.07, 6.45) is 1.90. The Morgan fingerprint density at radius 2 is 1.69 bits per heavy atom. The molecule has 4 rings (SSSR count). The fourth-order valence-electron chi connectivity index (χ4n) is 3.94. The minimum Gasteiger partial charge on any atom is -0.393 e. The second-order valence-electron chi connectivity index (χ2n) is 8.11. The number of benzene rings is 2. The molecule has 1 aromatic heterocycles. The molecule has 2 aromatic carbocycles. The van der Waals surface area contributed by atoms with Gasteiger partial charge in [-0.05, 0) is 56.8 Å². The minimum absolute atomic E-state index is 0. The van der Waals surface area contributed by atoms with E-state index in [1.807, 2.05) is 0 Å². The van der Waals surface area contributed by atoms with Gasteiger partial charge in [0.25, 0.3) is 0 Å². The van der Waals surface area contributed by atoms with Gasteiger partial charge in [-0.1, -0.05) is 43.5 Å². The third-order valence-corrected chi connectivity index (χ3v) is 5.15. The zero-order valence-electron chi connectivity index (χ0n) is 17.8. The van der Waals surface area contributed by atoms with Gasteiger partial charge in [0.15, 0.2) is 0 Å². The quantitative estimate of drug-likeness (QED) is 0.434. The van der Waals surface area contributed by atoms with Gasteiger partial charge in [0.05, 0.1) is 17.7 Å². The van der Waals surface area contributed by atoms with E-state index in [-0.39, 0.29) is 32.3 Å². The van der Waals surface area contributed by atoms with E-state index in [4.69, 9.17) is 15.2 Å². The van der Waals surface area contributed by atoms with Crippen LogP contribution in [0.5, 0.6) is 0 Å². The Bertz CT molecular complexity index is 990. The number of fused-ring (bicyclic) bond motifs is 4. The number of hydrogen-bond acceptors (Lipinski definition) is 3. The molecule has 3 aromatic rings. The van der Waals surface area contributed by atoms with Crippen LogP contribution in [-0.2, 0) is 32.9 Å². The normalized spacial score (nSPS) is 14.0. The number of aromatic nitrogens is 1. The maximum atomic E-state index is 8.56. The Hall–Kier alpha value is -1.58. The molecule has 4 heteroatoms. The standard InChI is InChI=1S/C20H18N.C5H12O2.Ir/c1-12-4-7-19-16(9-12)11-15-5-6-17-14(3)8-13(2)10-18(17)20(15)21-19;1-4(6)3-5(2)7;/h4,7-9,11H,5-6H2,1-3H3;4-7H,3H2,1-2H3;/q-1;;. The maximum absolute atomic E-state index is 8.56. The summed E-state index contributed by atoms with van der Waals surface area (Å²) in [5.74, 6) is 0. The number of aryl methyl sites for hydroxylation is 4. The van der Waals surface area contributed by atoms with Gasteiger partial charge in [-0.15, -0.1) is 34.4 Å². The fraction of sp³-hybridized carbons (Fsp3) is 0.400. The predicted molar refractivity (Wildman–Crippen MR) is 116 cm³/mol. The molecular formula is C25H30IrNO2-. The number of aliphatic hydroxyl groups is 2. The Kier molecular flexibility index (Phi) is 8.13. The average Bonchev–Trinajstić information content (AvgIpc) is 2.59. The van der Waals surface area contributed by atoms with E-state index < -0.39 is 0 Å². The predicted octanol–water partition coefficient (Wildman–Crippen LogP) is 4.86. The zero-order valence-corrected chi connectivity index (χ0v) is 20.2. The Labute approximate surface area is 187 Å². The van der Waals surface area contributed by atoms with Crippen molar-refractivity contribution in [3.05, 3.63) is 64.2 Å². The topological polar surface area (TPSA) is 53.4 Å². The van der Waals surface area contributed by atoms with E-state index in [1.165, 1.54) is 38.8 Å². The summed E-state index contributed by atoms with van der Waals surface area (Å²) in [4.78, 5) is 4.95. The summed E-state index contributed by atoms with van der Waals surface area (Å²) in [5.41, 5.74) is 10.1. The number of pyridine rings is 1.